The van der Waals surface area contributed by atoms with Crippen molar-refractivity contribution in [1.82, 2.24) is 19.6 Å². The summed E-state index contributed by atoms with van der Waals surface area (Å²) in [7, 11) is 0. The first-order chi connectivity index (χ1) is 11.8. The van der Waals surface area contributed by atoms with Crippen molar-refractivity contribution in [2.24, 2.45) is 0 Å². The Labute approximate surface area is 143 Å². The smallest absolute Gasteiger partial charge is 0.137 e. The van der Waals surface area contributed by atoms with Crippen molar-refractivity contribution in [3.63, 3.8) is 0 Å². The molecule has 1 saturated heterocycles. The van der Waals surface area contributed by atoms with Gasteiger partial charge >= 0.3 is 0 Å². The predicted molar refractivity (Wildman–Crippen MR) is 97.3 cm³/mol. The van der Waals surface area contributed by atoms with E-state index in [9.17, 15) is 0 Å². The maximum atomic E-state index is 4.82. The zero-order valence-electron chi connectivity index (χ0n) is 14.2. The van der Waals surface area contributed by atoms with Crippen LogP contribution in [-0.4, -0.2) is 40.5 Å². The highest BCUT2D eigenvalue weighted by Gasteiger charge is 2.11. The van der Waals surface area contributed by atoms with E-state index in [-0.39, 0.29) is 0 Å². The van der Waals surface area contributed by atoms with Crippen LogP contribution in [0.1, 0.15) is 22.4 Å². The first-order valence-electron chi connectivity index (χ1n) is 8.71. The largest absolute Gasteiger partial charge is 0.314 e. The van der Waals surface area contributed by atoms with Gasteiger partial charge in [0.2, 0.25) is 0 Å². The van der Waals surface area contributed by atoms with Crippen molar-refractivity contribution in [2.45, 2.75) is 19.9 Å². The maximum absolute atomic E-state index is 4.82. The number of aromatic nitrogens is 2. The van der Waals surface area contributed by atoms with Gasteiger partial charge in [-0.3, -0.25) is 4.90 Å². The van der Waals surface area contributed by atoms with Crippen LogP contribution in [0.5, 0.6) is 0 Å². The van der Waals surface area contributed by atoms with Crippen LogP contribution in [0.3, 0.4) is 0 Å². The van der Waals surface area contributed by atoms with Crippen LogP contribution >= 0.6 is 0 Å². The molecule has 4 heteroatoms. The molecular weight excluding hydrogens is 296 g/mol. The first kappa shape index (κ1) is 15.4. The van der Waals surface area contributed by atoms with E-state index in [1.165, 1.54) is 16.7 Å². The third-order valence-electron chi connectivity index (χ3n) is 4.70. The van der Waals surface area contributed by atoms with Crippen LogP contribution in [0.15, 0.2) is 48.8 Å². The molecule has 1 N–H and O–H groups in total. The Bertz CT molecular complexity index is 813. The number of piperazine rings is 1. The van der Waals surface area contributed by atoms with Gasteiger partial charge in [0.15, 0.2) is 0 Å². The highest BCUT2D eigenvalue weighted by Crippen LogP contribution is 2.14. The zero-order chi connectivity index (χ0) is 16.4. The summed E-state index contributed by atoms with van der Waals surface area (Å²) < 4.78 is 2.13. The summed E-state index contributed by atoms with van der Waals surface area (Å²) in [6, 6.07) is 13.1. The van der Waals surface area contributed by atoms with Gasteiger partial charge < -0.3 is 9.72 Å². The Balaban J connectivity index is 1.51. The first-order valence-corrected chi connectivity index (χ1v) is 8.71. The molecule has 0 aliphatic carbocycles. The molecule has 0 bridgehead atoms. The van der Waals surface area contributed by atoms with Gasteiger partial charge in [0.05, 0.1) is 5.69 Å². The lowest BCUT2D eigenvalue weighted by atomic mass is 10.1. The number of pyridine rings is 1. The van der Waals surface area contributed by atoms with E-state index in [0.29, 0.717) is 0 Å². The molecule has 124 valence electrons. The summed E-state index contributed by atoms with van der Waals surface area (Å²) in [4.78, 5) is 7.31. The van der Waals surface area contributed by atoms with E-state index in [0.717, 1.165) is 50.5 Å². The van der Waals surface area contributed by atoms with Crippen molar-refractivity contribution >= 4 is 5.65 Å². The van der Waals surface area contributed by atoms with Crippen LogP contribution in [0, 0.1) is 6.92 Å². The van der Waals surface area contributed by atoms with Gasteiger partial charge in [0.25, 0.3) is 0 Å². The third kappa shape index (κ3) is 3.50. The number of rotatable bonds is 4. The molecule has 0 atom stereocenters. The minimum absolute atomic E-state index is 0.884. The fourth-order valence-electron chi connectivity index (χ4n) is 3.30. The Morgan fingerprint density at radius 2 is 1.83 bits per heavy atom. The highest BCUT2D eigenvalue weighted by molar-refractivity contribution is 5.43. The molecule has 4 nitrogen and oxygen atoms in total. The van der Waals surface area contributed by atoms with Gasteiger partial charge in [0.1, 0.15) is 5.65 Å². The maximum Gasteiger partial charge on any atom is 0.137 e. The van der Waals surface area contributed by atoms with Crippen LogP contribution in [-0.2, 0) is 13.0 Å². The molecule has 0 amide bonds. The zero-order valence-corrected chi connectivity index (χ0v) is 14.2. The van der Waals surface area contributed by atoms with E-state index >= 15 is 0 Å². The Morgan fingerprint density at radius 1 is 1.04 bits per heavy atom. The van der Waals surface area contributed by atoms with Crippen molar-refractivity contribution in [3.05, 3.63) is 71.2 Å². The van der Waals surface area contributed by atoms with Gasteiger partial charge in [-0.1, -0.05) is 29.8 Å². The molecule has 4 rings (SSSR count). The highest BCUT2D eigenvalue weighted by atomic mass is 15.2. The summed E-state index contributed by atoms with van der Waals surface area (Å²) in [6.45, 7) is 7.56. The van der Waals surface area contributed by atoms with Crippen LogP contribution in [0.4, 0.5) is 0 Å². The van der Waals surface area contributed by atoms with Crippen molar-refractivity contribution in [3.8, 4) is 0 Å². The lowest BCUT2D eigenvalue weighted by molar-refractivity contribution is 0.233. The average Bonchev–Trinajstić information content (AvgIpc) is 2.99. The molecular formula is C20H24N4. The molecule has 1 aliphatic heterocycles. The number of nitrogens with zero attached hydrogens (tertiary/aromatic N) is 3. The fraction of sp³-hybridized carbons (Fsp3) is 0.350. The van der Waals surface area contributed by atoms with E-state index in [4.69, 9.17) is 4.98 Å². The molecule has 3 heterocycles. The van der Waals surface area contributed by atoms with E-state index in [2.05, 4.69) is 70.3 Å². The Hall–Kier alpha value is -2.17. The number of fused-ring (bicyclic) bond motifs is 1. The van der Waals surface area contributed by atoms with E-state index in [1.54, 1.807) is 0 Å². The molecule has 3 aromatic rings. The number of nitrogens with one attached hydrogen (secondary N) is 1. The summed E-state index contributed by atoms with van der Waals surface area (Å²) in [5.41, 5.74) is 6.12. The van der Waals surface area contributed by atoms with Gasteiger partial charge in [0, 0.05) is 51.5 Å². The molecule has 0 unspecified atom stereocenters. The molecule has 24 heavy (non-hydrogen) atoms. The summed E-state index contributed by atoms with van der Waals surface area (Å²) in [5, 5.41) is 3.40. The van der Waals surface area contributed by atoms with Gasteiger partial charge in [-0.25, -0.2) is 4.98 Å². The summed E-state index contributed by atoms with van der Waals surface area (Å²) in [6.07, 6.45) is 5.16. The molecule has 2 aromatic heterocycles. The number of hydrogen-bond acceptors (Lipinski definition) is 3. The number of benzene rings is 1. The lowest BCUT2D eigenvalue weighted by Gasteiger charge is -2.27. The second-order valence-electron chi connectivity index (χ2n) is 6.72. The molecule has 1 aliphatic rings. The van der Waals surface area contributed by atoms with E-state index < -0.39 is 0 Å². The molecule has 0 spiro atoms. The fourth-order valence-corrected chi connectivity index (χ4v) is 3.30. The second kappa shape index (κ2) is 6.75. The summed E-state index contributed by atoms with van der Waals surface area (Å²) >= 11 is 0. The number of aryl methyl sites for hydroxylation is 1. The van der Waals surface area contributed by atoms with Gasteiger partial charge in [-0.15, -0.1) is 0 Å². The minimum Gasteiger partial charge on any atom is -0.314 e. The lowest BCUT2D eigenvalue weighted by Crippen LogP contribution is -2.42. The standard InChI is InChI=1S/C20H24N4/c1-16-2-4-17(5-3-16)12-19-15-24-9-6-18(13-20(24)22-19)14-23-10-7-21-8-11-23/h2-6,9,13,15,21H,7-8,10-12,14H2,1H3. The SMILES string of the molecule is Cc1ccc(Cc2cn3ccc(CN4CCNCC4)cc3n2)cc1. The normalized spacial score (nSPS) is 15.9. The Kier molecular flexibility index (Phi) is 4.32. The van der Waals surface area contributed by atoms with Gasteiger partial charge in [-0.2, -0.15) is 0 Å². The second-order valence-corrected chi connectivity index (χ2v) is 6.72. The van der Waals surface area contributed by atoms with Crippen molar-refractivity contribution in [2.75, 3.05) is 26.2 Å². The molecule has 0 saturated carbocycles. The van der Waals surface area contributed by atoms with E-state index in [1.807, 2.05) is 0 Å². The van der Waals surface area contributed by atoms with Crippen molar-refractivity contribution in [1.29, 1.82) is 0 Å². The molecule has 0 radical (unpaired) electrons. The topological polar surface area (TPSA) is 32.6 Å². The number of hydrogen-bond donors (Lipinski definition) is 1. The predicted octanol–water partition coefficient (Wildman–Crippen LogP) is 2.64. The number of imidazole rings is 1. The average molecular weight is 320 g/mol. The minimum atomic E-state index is 0.884. The summed E-state index contributed by atoms with van der Waals surface area (Å²) in [5.74, 6) is 0. The Morgan fingerprint density at radius 3 is 2.62 bits per heavy atom. The third-order valence-corrected chi connectivity index (χ3v) is 4.70. The van der Waals surface area contributed by atoms with Crippen LogP contribution in [0.25, 0.3) is 5.65 Å². The van der Waals surface area contributed by atoms with Gasteiger partial charge in [-0.05, 0) is 30.2 Å². The molecule has 1 aromatic carbocycles. The van der Waals surface area contributed by atoms with Crippen molar-refractivity contribution < 1.29 is 0 Å². The molecule has 1 fully saturated rings. The quantitative estimate of drug-likeness (QED) is 0.802. The van der Waals surface area contributed by atoms with Crippen LogP contribution in [0.2, 0.25) is 0 Å². The van der Waals surface area contributed by atoms with Crippen LogP contribution < -0.4 is 5.32 Å². The monoisotopic (exact) mass is 320 g/mol.